The van der Waals surface area contributed by atoms with Crippen LogP contribution in [-0.2, 0) is 11.3 Å². The number of aryl methyl sites for hydroxylation is 1. The van der Waals surface area contributed by atoms with Crippen LogP contribution in [0, 0.1) is 5.82 Å². The van der Waals surface area contributed by atoms with Crippen LogP contribution in [0.5, 0.6) is 11.5 Å². The molecule has 1 atom stereocenters. The van der Waals surface area contributed by atoms with Crippen LogP contribution in [0.15, 0.2) is 28.7 Å². The van der Waals surface area contributed by atoms with Crippen LogP contribution in [-0.4, -0.2) is 33.2 Å². The largest absolute Gasteiger partial charge is 0.491 e. The average molecular weight is 411 g/mol. The van der Waals surface area contributed by atoms with Crippen molar-refractivity contribution in [3.63, 3.8) is 0 Å². The van der Waals surface area contributed by atoms with Gasteiger partial charge in [0.15, 0.2) is 17.5 Å². The van der Waals surface area contributed by atoms with Gasteiger partial charge in [0, 0.05) is 24.2 Å². The van der Waals surface area contributed by atoms with Gasteiger partial charge in [-0.1, -0.05) is 0 Å². The molecule has 0 saturated heterocycles. The number of nitrogen functional groups attached to an aromatic ring is 1. The molecule has 4 N–H and O–H groups in total. The first-order chi connectivity index (χ1) is 14.4. The molecular weight excluding hydrogens is 393 g/mol. The fraction of sp³-hybridized carbons (Fsp3) is 0.250. The minimum Gasteiger partial charge on any atom is -0.491 e. The molecule has 0 unspecified atom stereocenters. The van der Waals surface area contributed by atoms with Crippen LogP contribution in [0.3, 0.4) is 0 Å². The van der Waals surface area contributed by atoms with E-state index in [2.05, 4.69) is 4.98 Å². The number of rotatable bonds is 4. The molecule has 10 heteroatoms. The quantitative estimate of drug-likeness (QED) is 0.527. The second-order valence-corrected chi connectivity index (χ2v) is 7.10. The second kappa shape index (κ2) is 6.61. The Balaban J connectivity index is 1.69. The zero-order chi connectivity index (χ0) is 21.0. The number of oxazole rings is 1. The first kappa shape index (κ1) is 18.2. The van der Waals surface area contributed by atoms with Gasteiger partial charge >= 0.3 is 0 Å². The minimum atomic E-state index is -0.809. The smallest absolute Gasteiger partial charge is 0.293 e. The van der Waals surface area contributed by atoms with Crippen molar-refractivity contribution >= 4 is 34.1 Å². The van der Waals surface area contributed by atoms with Gasteiger partial charge < -0.3 is 29.9 Å². The zero-order valence-corrected chi connectivity index (χ0v) is 16.0. The summed E-state index contributed by atoms with van der Waals surface area (Å²) in [5, 5.41) is 0. The van der Waals surface area contributed by atoms with Crippen LogP contribution in [0.1, 0.15) is 13.3 Å². The molecule has 154 valence electrons. The number of hydrogen-bond donors (Lipinski definition) is 2. The van der Waals surface area contributed by atoms with Gasteiger partial charge in [-0.2, -0.15) is 4.98 Å². The lowest BCUT2D eigenvalue weighted by Crippen LogP contribution is -2.30. The van der Waals surface area contributed by atoms with Crippen molar-refractivity contribution < 1.29 is 23.1 Å². The molecule has 2 aromatic heterocycles. The van der Waals surface area contributed by atoms with Gasteiger partial charge in [-0.3, -0.25) is 4.79 Å². The molecule has 0 aliphatic carbocycles. The highest BCUT2D eigenvalue weighted by atomic mass is 19.1. The normalized spacial score (nSPS) is 14.5. The third-order valence-electron chi connectivity index (χ3n) is 5.00. The predicted octanol–water partition coefficient (Wildman–Crippen LogP) is 2.60. The Hall–Kier alpha value is -3.82. The van der Waals surface area contributed by atoms with Crippen LogP contribution in [0.4, 0.5) is 10.4 Å². The molecule has 1 amide bonds. The Bertz CT molecular complexity index is 1310. The number of amides is 1. The van der Waals surface area contributed by atoms with Crippen molar-refractivity contribution in [1.82, 2.24) is 14.5 Å². The zero-order valence-electron chi connectivity index (χ0n) is 16.0. The summed E-state index contributed by atoms with van der Waals surface area (Å²) in [4.78, 5) is 20.1. The third kappa shape index (κ3) is 2.88. The van der Waals surface area contributed by atoms with E-state index < -0.39 is 17.8 Å². The summed E-state index contributed by atoms with van der Waals surface area (Å²) in [5.74, 6) is 0.384. The van der Waals surface area contributed by atoms with E-state index in [1.54, 1.807) is 25.1 Å². The SMILES string of the molecule is C[C@@H](Oc1cc2c3c(c1)nc(-c1cc(F)c4oc(N)nc4c1)n3CCCO2)C(N)=O. The monoisotopic (exact) mass is 411 g/mol. The number of imidazole rings is 1. The van der Waals surface area contributed by atoms with Gasteiger partial charge in [0.05, 0.1) is 12.1 Å². The van der Waals surface area contributed by atoms with Gasteiger partial charge in [-0.05, 0) is 25.5 Å². The van der Waals surface area contributed by atoms with E-state index in [4.69, 9.17) is 30.3 Å². The molecule has 0 radical (unpaired) electrons. The van der Waals surface area contributed by atoms with Crippen molar-refractivity contribution in [1.29, 1.82) is 0 Å². The first-order valence-electron chi connectivity index (χ1n) is 9.39. The van der Waals surface area contributed by atoms with E-state index in [1.807, 2.05) is 4.57 Å². The molecule has 30 heavy (non-hydrogen) atoms. The number of fused-ring (bicyclic) bond motifs is 1. The number of nitrogens with two attached hydrogens (primary N) is 2. The Morgan fingerprint density at radius 1 is 1.27 bits per heavy atom. The first-order valence-corrected chi connectivity index (χ1v) is 9.39. The number of nitrogens with zero attached hydrogens (tertiary/aromatic N) is 3. The number of aromatic nitrogens is 3. The third-order valence-corrected chi connectivity index (χ3v) is 5.00. The van der Waals surface area contributed by atoms with Crippen LogP contribution in [0.2, 0.25) is 0 Å². The number of carbonyl (C=O) groups is 1. The Morgan fingerprint density at radius 3 is 2.90 bits per heavy atom. The maximum atomic E-state index is 14.6. The lowest BCUT2D eigenvalue weighted by atomic mass is 10.2. The molecule has 4 aromatic rings. The topological polar surface area (TPSA) is 131 Å². The minimum absolute atomic E-state index is 0.00313. The van der Waals surface area contributed by atoms with E-state index in [0.29, 0.717) is 47.1 Å². The fourth-order valence-electron chi connectivity index (χ4n) is 3.63. The van der Waals surface area contributed by atoms with E-state index in [0.717, 1.165) is 11.9 Å². The highest BCUT2D eigenvalue weighted by molar-refractivity contribution is 5.89. The number of ether oxygens (including phenoxy) is 2. The molecular formula is C20H18FN5O4. The van der Waals surface area contributed by atoms with Gasteiger partial charge in [0.2, 0.25) is 0 Å². The summed E-state index contributed by atoms with van der Waals surface area (Å²) in [5.41, 5.74) is 13.1. The Kier molecular flexibility index (Phi) is 4.02. The van der Waals surface area contributed by atoms with Crippen molar-refractivity contribution in [3.05, 3.63) is 30.1 Å². The molecule has 0 saturated carbocycles. The summed E-state index contributed by atoms with van der Waals surface area (Å²) in [6.07, 6.45) is -0.0704. The summed E-state index contributed by atoms with van der Waals surface area (Å²) in [6, 6.07) is 6.33. The molecule has 1 aliphatic rings. The molecule has 1 aliphatic heterocycles. The van der Waals surface area contributed by atoms with E-state index >= 15 is 0 Å². The highest BCUT2D eigenvalue weighted by Gasteiger charge is 2.23. The summed E-state index contributed by atoms with van der Waals surface area (Å²) in [7, 11) is 0. The van der Waals surface area contributed by atoms with E-state index in [-0.39, 0.29) is 11.6 Å². The molecule has 0 spiro atoms. The predicted molar refractivity (Wildman–Crippen MR) is 107 cm³/mol. The van der Waals surface area contributed by atoms with Crippen molar-refractivity contribution in [2.45, 2.75) is 26.0 Å². The van der Waals surface area contributed by atoms with Gasteiger partial charge in [-0.25, -0.2) is 9.37 Å². The van der Waals surface area contributed by atoms with Crippen molar-refractivity contribution in [3.8, 4) is 22.9 Å². The van der Waals surface area contributed by atoms with Crippen molar-refractivity contribution in [2.24, 2.45) is 5.73 Å². The average Bonchev–Trinajstić information content (AvgIpc) is 3.17. The van der Waals surface area contributed by atoms with Gasteiger partial charge in [0.25, 0.3) is 11.9 Å². The summed E-state index contributed by atoms with van der Waals surface area (Å²) in [6.45, 7) is 2.70. The molecule has 2 aromatic carbocycles. The lowest BCUT2D eigenvalue weighted by molar-refractivity contribution is -0.123. The maximum Gasteiger partial charge on any atom is 0.293 e. The van der Waals surface area contributed by atoms with Crippen molar-refractivity contribution in [2.75, 3.05) is 12.3 Å². The maximum absolute atomic E-state index is 14.6. The van der Waals surface area contributed by atoms with E-state index in [1.165, 1.54) is 6.07 Å². The number of primary amides is 1. The summed E-state index contributed by atoms with van der Waals surface area (Å²) < 4.78 is 33.2. The molecule has 0 fully saturated rings. The number of hydrogen-bond acceptors (Lipinski definition) is 7. The molecule has 9 nitrogen and oxygen atoms in total. The van der Waals surface area contributed by atoms with Gasteiger partial charge in [0.1, 0.15) is 28.4 Å². The number of benzene rings is 2. The van der Waals surface area contributed by atoms with E-state index in [9.17, 15) is 9.18 Å². The van der Waals surface area contributed by atoms with Crippen LogP contribution in [0.25, 0.3) is 33.5 Å². The van der Waals surface area contributed by atoms with Crippen LogP contribution >= 0.6 is 0 Å². The number of halogens is 1. The molecule has 5 rings (SSSR count). The molecule has 0 bridgehead atoms. The standard InChI is InChI=1S/C20H18FN5O4/c1-9(18(22)27)29-11-7-13-16-15(8-11)28-4-2-3-26(16)19(24-13)10-5-12(21)17-14(6-10)25-20(23)30-17/h5-9H,2-4H2,1H3,(H2,22,27)(H2,23,25)/t9-/m1/s1. The van der Waals surface area contributed by atoms with Crippen LogP contribution < -0.4 is 20.9 Å². The Labute approximate surface area is 169 Å². The number of anilines is 1. The summed E-state index contributed by atoms with van der Waals surface area (Å²) >= 11 is 0. The highest BCUT2D eigenvalue weighted by Crippen LogP contribution is 2.38. The number of carbonyl (C=O) groups excluding carboxylic acids is 1. The second-order valence-electron chi connectivity index (χ2n) is 7.10. The lowest BCUT2D eigenvalue weighted by Gasteiger charge is -2.13. The fourth-order valence-corrected chi connectivity index (χ4v) is 3.63. The Morgan fingerprint density at radius 2 is 2.10 bits per heavy atom. The molecule has 3 heterocycles. The van der Waals surface area contributed by atoms with Gasteiger partial charge in [-0.15, -0.1) is 0 Å².